The summed E-state index contributed by atoms with van der Waals surface area (Å²) in [5, 5.41) is 15.1. The van der Waals surface area contributed by atoms with Crippen molar-refractivity contribution in [2.45, 2.75) is 39.3 Å². The Kier molecular flexibility index (Phi) is 3.42. The number of aliphatic hydroxyl groups is 1. The van der Waals surface area contributed by atoms with Crippen molar-refractivity contribution < 1.29 is 9.90 Å². The molecule has 1 amide bonds. The number of nitrogens with one attached hydrogen (secondary N) is 2. The monoisotopic (exact) mass is 325 g/mol. The van der Waals surface area contributed by atoms with E-state index in [9.17, 15) is 9.90 Å². The predicted octanol–water partition coefficient (Wildman–Crippen LogP) is 2.66. The van der Waals surface area contributed by atoms with Crippen molar-refractivity contribution in [1.82, 2.24) is 14.9 Å². The molecule has 1 aliphatic heterocycles. The van der Waals surface area contributed by atoms with E-state index in [2.05, 4.69) is 53.8 Å². The van der Waals surface area contributed by atoms with E-state index >= 15 is 0 Å². The van der Waals surface area contributed by atoms with Gasteiger partial charge in [0.15, 0.2) is 0 Å². The number of aromatic nitrogens is 2. The molecule has 24 heavy (non-hydrogen) atoms. The number of hydrogen-bond acceptors (Lipinski definition) is 2. The van der Waals surface area contributed by atoms with Crippen molar-refractivity contribution in [3.8, 4) is 0 Å². The van der Waals surface area contributed by atoms with E-state index in [0.29, 0.717) is 6.42 Å². The Labute approximate surface area is 140 Å². The van der Waals surface area contributed by atoms with Crippen LogP contribution in [0.4, 0.5) is 0 Å². The third kappa shape index (κ3) is 2.08. The summed E-state index contributed by atoms with van der Waals surface area (Å²) in [6, 6.07) is 5.80. The molecule has 1 aromatic carbocycles. The van der Waals surface area contributed by atoms with Crippen molar-refractivity contribution in [3.05, 3.63) is 35.7 Å². The summed E-state index contributed by atoms with van der Waals surface area (Å²) < 4.78 is 2.18. The number of hydrogen-bond donors (Lipinski definition) is 3. The summed E-state index contributed by atoms with van der Waals surface area (Å²) in [5.41, 5.74) is 4.42. The Morgan fingerprint density at radius 2 is 2.17 bits per heavy atom. The summed E-state index contributed by atoms with van der Waals surface area (Å²) in [4.78, 5) is 16.3. The predicted molar refractivity (Wildman–Crippen MR) is 95.1 cm³/mol. The maximum absolute atomic E-state index is 13.0. The molecule has 0 radical (unpaired) electrons. The summed E-state index contributed by atoms with van der Waals surface area (Å²) >= 11 is 0. The van der Waals surface area contributed by atoms with Crippen LogP contribution in [0.3, 0.4) is 0 Å². The van der Waals surface area contributed by atoms with Crippen LogP contribution in [0.15, 0.2) is 24.4 Å². The molecule has 0 unspecified atom stereocenters. The van der Waals surface area contributed by atoms with Gasteiger partial charge in [0, 0.05) is 28.2 Å². The number of carbonyl (C=O) groups is 1. The minimum atomic E-state index is -0.289. The molecule has 126 valence electrons. The highest BCUT2D eigenvalue weighted by Gasteiger charge is 2.31. The average molecular weight is 325 g/mol. The standard InChI is InChI=1S/C19H23N3O2/c1-10(2)17-19(24)21-14(9-23)7-13-8-20-15-5-4-12-6-11(3)22(17)18(12)16(13)15/h4-6,8,10,14,17,20,23H,7,9H2,1-3H3,(H,21,24)/t14-,17-/m0/s1. The van der Waals surface area contributed by atoms with Crippen LogP contribution in [-0.2, 0) is 11.2 Å². The van der Waals surface area contributed by atoms with E-state index in [1.54, 1.807) is 0 Å². The molecule has 3 aromatic rings. The van der Waals surface area contributed by atoms with Crippen molar-refractivity contribution in [3.63, 3.8) is 0 Å². The number of H-pyrrole nitrogens is 1. The summed E-state index contributed by atoms with van der Waals surface area (Å²) in [7, 11) is 0. The lowest BCUT2D eigenvalue weighted by Gasteiger charge is -2.26. The van der Waals surface area contributed by atoms with E-state index < -0.39 is 0 Å². The lowest BCUT2D eigenvalue weighted by molar-refractivity contribution is -0.126. The van der Waals surface area contributed by atoms with Gasteiger partial charge in [0.05, 0.1) is 18.2 Å². The highest BCUT2D eigenvalue weighted by molar-refractivity contribution is 6.08. The van der Waals surface area contributed by atoms with Crippen molar-refractivity contribution in [2.24, 2.45) is 5.92 Å². The van der Waals surface area contributed by atoms with Gasteiger partial charge in [0.2, 0.25) is 5.91 Å². The van der Waals surface area contributed by atoms with Crippen LogP contribution in [0.2, 0.25) is 0 Å². The van der Waals surface area contributed by atoms with Crippen LogP contribution < -0.4 is 5.32 Å². The Bertz CT molecular complexity index is 935. The second-order valence-electron chi connectivity index (χ2n) is 7.18. The SMILES string of the molecule is Cc1cc2ccc3[nH]cc4c3c2n1[C@@H](C(C)C)C(=O)N[C@H](CO)C4. The fourth-order valence-corrected chi connectivity index (χ4v) is 4.09. The van der Waals surface area contributed by atoms with Crippen LogP contribution in [0.5, 0.6) is 0 Å². The van der Waals surface area contributed by atoms with Crippen LogP contribution in [0.1, 0.15) is 31.1 Å². The van der Waals surface area contributed by atoms with Gasteiger partial charge < -0.3 is 20.0 Å². The third-order valence-corrected chi connectivity index (χ3v) is 5.13. The summed E-state index contributed by atoms with van der Waals surface area (Å²) in [5.74, 6) is 0.130. The molecule has 0 fully saturated rings. The zero-order valence-corrected chi connectivity index (χ0v) is 14.3. The fourth-order valence-electron chi connectivity index (χ4n) is 4.09. The van der Waals surface area contributed by atoms with E-state index in [1.807, 2.05) is 6.20 Å². The summed E-state index contributed by atoms with van der Waals surface area (Å²) in [6.07, 6.45) is 2.62. The number of rotatable bonds is 2. The van der Waals surface area contributed by atoms with Crippen molar-refractivity contribution in [2.75, 3.05) is 6.61 Å². The fraction of sp³-hybridized carbons (Fsp3) is 0.421. The van der Waals surface area contributed by atoms with Gasteiger partial charge in [-0.15, -0.1) is 0 Å². The highest BCUT2D eigenvalue weighted by Crippen LogP contribution is 2.36. The zero-order valence-electron chi connectivity index (χ0n) is 14.3. The summed E-state index contributed by atoms with van der Waals surface area (Å²) in [6.45, 7) is 6.13. The second kappa shape index (κ2) is 5.38. The Morgan fingerprint density at radius 3 is 2.88 bits per heavy atom. The third-order valence-electron chi connectivity index (χ3n) is 5.13. The van der Waals surface area contributed by atoms with E-state index in [4.69, 9.17) is 0 Å². The molecule has 2 atom stereocenters. The van der Waals surface area contributed by atoms with Crippen molar-refractivity contribution in [1.29, 1.82) is 0 Å². The topological polar surface area (TPSA) is 70.0 Å². The Hall–Kier alpha value is -2.27. The first-order chi connectivity index (χ1) is 11.5. The van der Waals surface area contributed by atoms with Crippen LogP contribution >= 0.6 is 0 Å². The quantitative estimate of drug-likeness (QED) is 0.678. The van der Waals surface area contributed by atoms with E-state index in [0.717, 1.165) is 27.7 Å². The smallest absolute Gasteiger partial charge is 0.243 e. The van der Waals surface area contributed by atoms with Crippen LogP contribution in [0.25, 0.3) is 21.8 Å². The first-order valence-corrected chi connectivity index (χ1v) is 8.53. The molecular formula is C19H23N3O2. The van der Waals surface area contributed by atoms with Crippen LogP contribution in [0, 0.1) is 12.8 Å². The molecule has 5 heteroatoms. The maximum Gasteiger partial charge on any atom is 0.243 e. The molecular weight excluding hydrogens is 302 g/mol. The van der Waals surface area contributed by atoms with Gasteiger partial charge in [0.1, 0.15) is 6.04 Å². The lowest BCUT2D eigenvalue weighted by Crippen LogP contribution is -2.44. The van der Waals surface area contributed by atoms with Crippen LogP contribution in [-0.4, -0.2) is 33.2 Å². The average Bonchev–Trinajstić information content (AvgIpc) is 3.08. The second-order valence-corrected chi connectivity index (χ2v) is 7.18. The van der Waals surface area contributed by atoms with Gasteiger partial charge in [-0.25, -0.2) is 0 Å². The molecule has 0 saturated carbocycles. The first kappa shape index (κ1) is 15.3. The first-order valence-electron chi connectivity index (χ1n) is 8.53. The molecule has 3 N–H and O–H groups in total. The minimum Gasteiger partial charge on any atom is -0.394 e. The molecule has 0 bridgehead atoms. The largest absolute Gasteiger partial charge is 0.394 e. The molecule has 4 rings (SSSR count). The molecule has 0 saturated heterocycles. The molecule has 2 aromatic heterocycles. The van der Waals surface area contributed by atoms with E-state index in [-0.39, 0.29) is 30.5 Å². The van der Waals surface area contributed by atoms with Gasteiger partial charge in [0.25, 0.3) is 0 Å². The van der Waals surface area contributed by atoms with Gasteiger partial charge in [-0.05, 0) is 37.0 Å². The minimum absolute atomic E-state index is 0.0178. The zero-order chi connectivity index (χ0) is 17.0. The van der Waals surface area contributed by atoms with Gasteiger partial charge in [-0.2, -0.15) is 0 Å². The number of aliphatic hydroxyl groups excluding tert-OH is 1. The number of aromatic amines is 1. The normalized spacial score (nSPS) is 21.3. The highest BCUT2D eigenvalue weighted by atomic mass is 16.3. The lowest BCUT2D eigenvalue weighted by atomic mass is 10.0. The molecule has 0 aliphatic carbocycles. The van der Waals surface area contributed by atoms with E-state index in [1.165, 1.54) is 5.39 Å². The number of nitrogens with zero attached hydrogens (tertiary/aromatic N) is 1. The maximum atomic E-state index is 13.0. The molecule has 0 spiro atoms. The molecule has 3 heterocycles. The van der Waals surface area contributed by atoms with Crippen molar-refractivity contribution >= 4 is 27.7 Å². The molecule has 5 nitrogen and oxygen atoms in total. The Morgan fingerprint density at radius 1 is 1.38 bits per heavy atom. The molecule has 1 aliphatic rings. The number of aryl methyl sites for hydroxylation is 1. The Balaban J connectivity index is 2.12. The number of amides is 1. The number of benzene rings is 1. The van der Waals surface area contributed by atoms with Gasteiger partial charge >= 0.3 is 0 Å². The van der Waals surface area contributed by atoms with Gasteiger partial charge in [-0.3, -0.25) is 4.79 Å². The number of carbonyl (C=O) groups excluding carboxylic acids is 1. The van der Waals surface area contributed by atoms with Gasteiger partial charge in [-0.1, -0.05) is 19.9 Å².